The highest BCUT2D eigenvalue weighted by atomic mass is 35.5. The second-order valence-corrected chi connectivity index (χ2v) is 4.80. The van der Waals surface area contributed by atoms with Gasteiger partial charge in [0.2, 0.25) is 6.41 Å². The van der Waals surface area contributed by atoms with Crippen LogP contribution in [-0.4, -0.2) is 48.9 Å². The maximum atomic E-state index is 10.6. The summed E-state index contributed by atoms with van der Waals surface area (Å²) in [4.78, 5) is 14.8. The molecule has 1 aliphatic heterocycles. The van der Waals surface area contributed by atoms with Crippen LogP contribution in [-0.2, 0) is 11.2 Å². The van der Waals surface area contributed by atoms with Gasteiger partial charge >= 0.3 is 0 Å². The van der Waals surface area contributed by atoms with Gasteiger partial charge in [0.15, 0.2) is 0 Å². The third-order valence-corrected chi connectivity index (χ3v) is 3.40. The molecule has 4 heteroatoms. The van der Waals surface area contributed by atoms with Crippen LogP contribution < -0.4 is 0 Å². The molecule has 1 amide bonds. The fourth-order valence-electron chi connectivity index (χ4n) is 2.07. The zero-order chi connectivity index (χ0) is 12.1. The van der Waals surface area contributed by atoms with Crippen LogP contribution in [0.4, 0.5) is 0 Å². The zero-order valence-corrected chi connectivity index (χ0v) is 10.6. The average Bonchev–Trinajstić information content (AvgIpc) is 2.37. The molecule has 1 aromatic carbocycles. The smallest absolute Gasteiger partial charge is 0.209 e. The van der Waals surface area contributed by atoms with Crippen molar-refractivity contribution in [2.45, 2.75) is 6.42 Å². The molecule has 17 heavy (non-hydrogen) atoms. The number of benzene rings is 1. The molecule has 0 saturated carbocycles. The van der Waals surface area contributed by atoms with Gasteiger partial charge in [0, 0.05) is 37.7 Å². The molecule has 1 saturated heterocycles. The van der Waals surface area contributed by atoms with E-state index in [1.165, 1.54) is 5.56 Å². The molecule has 1 aliphatic rings. The molecule has 0 radical (unpaired) electrons. The van der Waals surface area contributed by atoms with E-state index in [1.807, 2.05) is 23.1 Å². The first-order chi connectivity index (χ1) is 8.28. The summed E-state index contributed by atoms with van der Waals surface area (Å²) in [6.07, 6.45) is 1.95. The number of carbonyl (C=O) groups excluding carboxylic acids is 1. The summed E-state index contributed by atoms with van der Waals surface area (Å²) in [5.41, 5.74) is 1.27. The van der Waals surface area contributed by atoms with E-state index in [0.717, 1.165) is 50.6 Å². The Hall–Kier alpha value is -1.06. The SMILES string of the molecule is O=CN1CCN(CCc2cccc(Cl)c2)CC1. The standard InChI is InChI=1S/C13H17ClN2O/c14-13-3-1-2-12(10-13)4-5-15-6-8-16(11-17)9-7-15/h1-3,10-11H,4-9H2. The fourth-order valence-corrected chi connectivity index (χ4v) is 2.28. The second-order valence-electron chi connectivity index (χ2n) is 4.36. The van der Waals surface area contributed by atoms with Crippen molar-refractivity contribution < 1.29 is 4.79 Å². The number of hydrogen-bond acceptors (Lipinski definition) is 2. The van der Waals surface area contributed by atoms with Crippen molar-refractivity contribution in [3.63, 3.8) is 0 Å². The number of nitrogens with zero attached hydrogens (tertiary/aromatic N) is 2. The van der Waals surface area contributed by atoms with Crippen molar-refractivity contribution in [2.75, 3.05) is 32.7 Å². The van der Waals surface area contributed by atoms with Crippen LogP contribution in [0.3, 0.4) is 0 Å². The molecule has 1 heterocycles. The molecule has 0 bridgehead atoms. The minimum absolute atomic E-state index is 0.799. The first kappa shape index (κ1) is 12.4. The number of carbonyl (C=O) groups is 1. The van der Waals surface area contributed by atoms with Gasteiger partial charge < -0.3 is 4.90 Å². The van der Waals surface area contributed by atoms with Crippen molar-refractivity contribution >= 4 is 18.0 Å². The van der Waals surface area contributed by atoms with Crippen LogP contribution in [0.1, 0.15) is 5.56 Å². The Morgan fingerprint density at radius 3 is 2.65 bits per heavy atom. The number of rotatable bonds is 4. The maximum Gasteiger partial charge on any atom is 0.209 e. The highest BCUT2D eigenvalue weighted by Gasteiger charge is 2.14. The Labute approximate surface area is 107 Å². The van der Waals surface area contributed by atoms with Crippen LogP contribution in [0.5, 0.6) is 0 Å². The molecule has 0 atom stereocenters. The molecule has 2 rings (SSSR count). The Morgan fingerprint density at radius 2 is 2.00 bits per heavy atom. The van der Waals surface area contributed by atoms with E-state index in [1.54, 1.807) is 0 Å². The third-order valence-electron chi connectivity index (χ3n) is 3.16. The number of halogens is 1. The van der Waals surface area contributed by atoms with Gasteiger partial charge in [-0.3, -0.25) is 9.69 Å². The van der Waals surface area contributed by atoms with Crippen LogP contribution in [0.25, 0.3) is 0 Å². The van der Waals surface area contributed by atoms with Gasteiger partial charge in [0.25, 0.3) is 0 Å². The average molecular weight is 253 g/mol. The summed E-state index contributed by atoms with van der Waals surface area (Å²) in [6, 6.07) is 8.01. The zero-order valence-electron chi connectivity index (χ0n) is 9.81. The van der Waals surface area contributed by atoms with E-state index < -0.39 is 0 Å². The molecule has 0 spiro atoms. The van der Waals surface area contributed by atoms with Gasteiger partial charge in [-0.15, -0.1) is 0 Å². The predicted octanol–water partition coefficient (Wildman–Crippen LogP) is 1.66. The van der Waals surface area contributed by atoms with Crippen LogP contribution in [0, 0.1) is 0 Å². The fraction of sp³-hybridized carbons (Fsp3) is 0.462. The Kier molecular flexibility index (Phi) is 4.40. The van der Waals surface area contributed by atoms with Gasteiger partial charge in [-0.2, -0.15) is 0 Å². The van der Waals surface area contributed by atoms with Crippen LogP contribution in [0.15, 0.2) is 24.3 Å². The molecular formula is C13H17ClN2O. The summed E-state index contributed by atoms with van der Waals surface area (Å²) in [6.45, 7) is 4.67. The summed E-state index contributed by atoms with van der Waals surface area (Å²) in [5.74, 6) is 0. The first-order valence-corrected chi connectivity index (χ1v) is 6.32. The first-order valence-electron chi connectivity index (χ1n) is 5.94. The van der Waals surface area contributed by atoms with Gasteiger partial charge in [0.1, 0.15) is 0 Å². The molecule has 3 nitrogen and oxygen atoms in total. The number of amides is 1. The van der Waals surface area contributed by atoms with Crippen LogP contribution in [0.2, 0.25) is 5.02 Å². The van der Waals surface area contributed by atoms with Crippen molar-refractivity contribution in [1.82, 2.24) is 9.80 Å². The lowest BCUT2D eigenvalue weighted by molar-refractivity contribution is -0.119. The van der Waals surface area contributed by atoms with E-state index in [9.17, 15) is 4.79 Å². The summed E-state index contributed by atoms with van der Waals surface area (Å²) < 4.78 is 0. The molecule has 0 aromatic heterocycles. The lowest BCUT2D eigenvalue weighted by atomic mass is 10.1. The molecule has 92 valence electrons. The largest absolute Gasteiger partial charge is 0.343 e. The summed E-state index contributed by atoms with van der Waals surface area (Å²) in [7, 11) is 0. The molecule has 0 aliphatic carbocycles. The normalized spacial score (nSPS) is 17.1. The van der Waals surface area contributed by atoms with Gasteiger partial charge in [-0.25, -0.2) is 0 Å². The Bertz CT molecular complexity index is 375. The van der Waals surface area contributed by atoms with Crippen molar-refractivity contribution in [3.05, 3.63) is 34.9 Å². The quantitative estimate of drug-likeness (QED) is 0.761. The molecular weight excluding hydrogens is 236 g/mol. The molecule has 0 N–H and O–H groups in total. The van der Waals surface area contributed by atoms with Crippen molar-refractivity contribution in [2.24, 2.45) is 0 Å². The van der Waals surface area contributed by atoms with E-state index in [2.05, 4.69) is 11.0 Å². The summed E-state index contributed by atoms with van der Waals surface area (Å²) in [5, 5.41) is 0.799. The van der Waals surface area contributed by atoms with E-state index >= 15 is 0 Å². The molecule has 1 fully saturated rings. The van der Waals surface area contributed by atoms with Crippen molar-refractivity contribution in [1.29, 1.82) is 0 Å². The lowest BCUT2D eigenvalue weighted by Crippen LogP contribution is -2.46. The summed E-state index contributed by atoms with van der Waals surface area (Å²) >= 11 is 5.95. The van der Waals surface area contributed by atoms with Crippen molar-refractivity contribution in [3.8, 4) is 0 Å². The predicted molar refractivity (Wildman–Crippen MR) is 69.2 cm³/mol. The van der Waals surface area contributed by atoms with E-state index in [-0.39, 0.29) is 0 Å². The van der Waals surface area contributed by atoms with Gasteiger partial charge in [-0.05, 0) is 24.1 Å². The lowest BCUT2D eigenvalue weighted by Gasteiger charge is -2.32. The maximum absolute atomic E-state index is 10.6. The minimum atomic E-state index is 0.799. The third kappa shape index (κ3) is 3.72. The van der Waals surface area contributed by atoms with E-state index in [4.69, 9.17) is 11.6 Å². The molecule has 1 aromatic rings. The van der Waals surface area contributed by atoms with E-state index in [0.29, 0.717) is 0 Å². The topological polar surface area (TPSA) is 23.6 Å². The van der Waals surface area contributed by atoms with Crippen LogP contribution >= 0.6 is 11.6 Å². The highest BCUT2D eigenvalue weighted by Crippen LogP contribution is 2.11. The highest BCUT2D eigenvalue weighted by molar-refractivity contribution is 6.30. The second kappa shape index (κ2) is 6.03. The molecule has 0 unspecified atom stereocenters. The number of piperazine rings is 1. The monoisotopic (exact) mass is 252 g/mol. The number of hydrogen-bond donors (Lipinski definition) is 0. The Balaban J connectivity index is 1.77. The van der Waals surface area contributed by atoms with Gasteiger partial charge in [-0.1, -0.05) is 23.7 Å². The minimum Gasteiger partial charge on any atom is -0.343 e. The van der Waals surface area contributed by atoms with Gasteiger partial charge in [0.05, 0.1) is 0 Å². The Morgan fingerprint density at radius 1 is 1.24 bits per heavy atom.